The summed E-state index contributed by atoms with van der Waals surface area (Å²) in [5, 5.41) is 3.26. The molecule has 0 radical (unpaired) electrons. The topological polar surface area (TPSA) is 80.3 Å². The highest BCUT2D eigenvalue weighted by Crippen LogP contribution is 2.24. The molecule has 2 aromatic rings. The van der Waals surface area contributed by atoms with Crippen molar-refractivity contribution in [3.63, 3.8) is 0 Å². The Morgan fingerprint density at radius 1 is 1.33 bits per heavy atom. The van der Waals surface area contributed by atoms with Crippen LogP contribution in [0, 0.1) is 0 Å². The van der Waals surface area contributed by atoms with Crippen LogP contribution in [0.25, 0.3) is 0 Å². The molecule has 2 aromatic heterocycles. The van der Waals surface area contributed by atoms with Crippen LogP contribution in [0.15, 0.2) is 34.7 Å². The van der Waals surface area contributed by atoms with E-state index in [0.717, 1.165) is 43.0 Å². The number of hydrogen-bond acceptors (Lipinski definition) is 6. The number of hydrogen-bond donors (Lipinski definition) is 2. The fraction of sp³-hybridized carbons (Fsp3) is 0.438. The number of thiophene rings is 1. The van der Waals surface area contributed by atoms with Gasteiger partial charge >= 0.3 is 0 Å². The van der Waals surface area contributed by atoms with Crippen LogP contribution in [-0.4, -0.2) is 32.7 Å². The van der Waals surface area contributed by atoms with Crippen LogP contribution in [0.2, 0.25) is 0 Å². The Morgan fingerprint density at radius 2 is 2.21 bits per heavy atom. The molecule has 1 saturated heterocycles. The average molecular weight is 367 g/mol. The lowest BCUT2D eigenvalue weighted by molar-refractivity contribution is 0.120. The predicted molar refractivity (Wildman–Crippen MR) is 96.2 cm³/mol. The Morgan fingerprint density at radius 3 is 2.83 bits per heavy atom. The minimum absolute atomic E-state index is 0.245. The fourth-order valence-electron chi connectivity index (χ4n) is 2.48. The maximum atomic E-state index is 12.3. The van der Waals surface area contributed by atoms with Crippen LogP contribution < -0.4 is 10.0 Å². The summed E-state index contributed by atoms with van der Waals surface area (Å²) in [5.74, 6) is 0.309. The minimum Gasteiger partial charge on any atom is -0.381 e. The van der Waals surface area contributed by atoms with Gasteiger partial charge in [-0.25, -0.2) is 13.4 Å². The minimum atomic E-state index is -3.58. The third-order valence-electron chi connectivity index (χ3n) is 3.81. The van der Waals surface area contributed by atoms with Crippen molar-refractivity contribution < 1.29 is 13.2 Å². The van der Waals surface area contributed by atoms with Gasteiger partial charge in [-0.05, 0) is 43.5 Å². The lowest BCUT2D eigenvalue weighted by atomic mass is 10.2. The van der Waals surface area contributed by atoms with Gasteiger partial charge in [-0.15, -0.1) is 11.3 Å². The smallest absolute Gasteiger partial charge is 0.272 e. The molecule has 3 rings (SSSR count). The fourth-order valence-corrected chi connectivity index (χ4v) is 4.78. The summed E-state index contributed by atoms with van der Waals surface area (Å²) in [5.41, 5.74) is 0.845. The molecule has 6 nitrogen and oxygen atoms in total. The number of rotatable bonds is 7. The highest BCUT2D eigenvalue weighted by molar-refractivity contribution is 7.94. The van der Waals surface area contributed by atoms with Crippen LogP contribution in [0.5, 0.6) is 0 Å². The lowest BCUT2D eigenvalue weighted by Gasteiger charge is -2.12. The van der Waals surface area contributed by atoms with Crippen molar-refractivity contribution >= 4 is 32.9 Å². The zero-order valence-corrected chi connectivity index (χ0v) is 15.1. The molecule has 24 heavy (non-hydrogen) atoms. The standard InChI is InChI=1S/C16H21N3O3S2/c1-2-14-6-8-16(23-14)24(20,21)19-15-7-5-12(10-18-15)17-11-13-4-3-9-22-13/h5-8,10,13,17H,2-4,9,11H2,1H3,(H,18,19). The van der Waals surface area contributed by atoms with Crippen molar-refractivity contribution in [1.82, 2.24) is 4.98 Å². The van der Waals surface area contributed by atoms with Crippen molar-refractivity contribution in [1.29, 1.82) is 0 Å². The van der Waals surface area contributed by atoms with Gasteiger partial charge in [0.1, 0.15) is 10.0 Å². The molecule has 130 valence electrons. The van der Waals surface area contributed by atoms with E-state index >= 15 is 0 Å². The van der Waals surface area contributed by atoms with Crippen LogP contribution in [-0.2, 0) is 21.2 Å². The molecule has 1 unspecified atom stereocenters. The second kappa shape index (κ2) is 7.50. The lowest BCUT2D eigenvalue weighted by Crippen LogP contribution is -2.18. The van der Waals surface area contributed by atoms with Gasteiger partial charge in [-0.1, -0.05) is 6.92 Å². The van der Waals surface area contributed by atoms with Crippen molar-refractivity contribution in [2.24, 2.45) is 0 Å². The number of aryl methyl sites for hydroxylation is 1. The third kappa shape index (κ3) is 4.25. The zero-order valence-electron chi connectivity index (χ0n) is 13.5. The maximum absolute atomic E-state index is 12.3. The van der Waals surface area contributed by atoms with E-state index in [1.807, 2.05) is 19.1 Å². The van der Waals surface area contributed by atoms with Crippen LogP contribution in [0.3, 0.4) is 0 Å². The van der Waals surface area contributed by atoms with Gasteiger partial charge in [0, 0.05) is 18.0 Å². The summed E-state index contributed by atoms with van der Waals surface area (Å²) >= 11 is 1.28. The van der Waals surface area contributed by atoms with Crippen molar-refractivity contribution in [3.05, 3.63) is 35.3 Å². The maximum Gasteiger partial charge on any atom is 0.272 e. The Labute approximate surface area is 146 Å². The van der Waals surface area contributed by atoms with E-state index in [1.165, 1.54) is 11.3 Å². The van der Waals surface area contributed by atoms with Gasteiger partial charge < -0.3 is 10.1 Å². The summed E-state index contributed by atoms with van der Waals surface area (Å²) < 4.78 is 33.1. The predicted octanol–water partition coefficient (Wildman–Crippen LogP) is 3.10. The number of nitrogens with zero attached hydrogens (tertiary/aromatic N) is 1. The molecular weight excluding hydrogens is 346 g/mol. The molecule has 1 aliphatic rings. The van der Waals surface area contributed by atoms with E-state index in [4.69, 9.17) is 4.74 Å². The molecule has 1 atom stereocenters. The average Bonchev–Trinajstić information content (AvgIpc) is 3.25. The van der Waals surface area contributed by atoms with Gasteiger partial charge in [0.15, 0.2) is 0 Å². The number of anilines is 2. The molecule has 0 aromatic carbocycles. The summed E-state index contributed by atoms with van der Waals surface area (Å²) in [6.07, 6.45) is 4.87. The van der Waals surface area contributed by atoms with E-state index < -0.39 is 10.0 Å². The monoisotopic (exact) mass is 367 g/mol. The van der Waals surface area contributed by atoms with Gasteiger partial charge in [0.25, 0.3) is 10.0 Å². The zero-order chi connectivity index (χ0) is 17.0. The van der Waals surface area contributed by atoms with Gasteiger partial charge in [-0.3, -0.25) is 4.72 Å². The molecule has 1 fully saturated rings. The van der Waals surface area contributed by atoms with E-state index in [9.17, 15) is 8.42 Å². The van der Waals surface area contributed by atoms with Crippen LogP contribution >= 0.6 is 11.3 Å². The van der Waals surface area contributed by atoms with E-state index in [2.05, 4.69) is 15.0 Å². The Balaban J connectivity index is 1.60. The van der Waals surface area contributed by atoms with Crippen molar-refractivity contribution in [2.45, 2.75) is 36.5 Å². The van der Waals surface area contributed by atoms with Gasteiger partial charge in [-0.2, -0.15) is 0 Å². The second-order valence-electron chi connectivity index (χ2n) is 5.63. The first kappa shape index (κ1) is 17.2. The number of pyridine rings is 1. The molecular formula is C16H21N3O3S2. The molecule has 2 N–H and O–H groups in total. The second-order valence-corrected chi connectivity index (χ2v) is 8.71. The van der Waals surface area contributed by atoms with E-state index in [1.54, 1.807) is 18.3 Å². The molecule has 1 aliphatic heterocycles. The molecule has 0 amide bonds. The first-order chi connectivity index (χ1) is 11.6. The quantitative estimate of drug-likeness (QED) is 0.786. The van der Waals surface area contributed by atoms with E-state index in [0.29, 0.717) is 10.0 Å². The Hall–Kier alpha value is -1.64. The van der Waals surface area contributed by atoms with Crippen LogP contribution in [0.1, 0.15) is 24.6 Å². The number of nitrogens with one attached hydrogen (secondary N) is 2. The summed E-state index contributed by atoms with van der Waals surface area (Å²) in [6, 6.07) is 6.93. The summed E-state index contributed by atoms with van der Waals surface area (Å²) in [7, 11) is -3.58. The highest BCUT2D eigenvalue weighted by Gasteiger charge is 2.18. The summed E-state index contributed by atoms with van der Waals surface area (Å²) in [4.78, 5) is 5.21. The number of ether oxygens (including phenoxy) is 1. The third-order valence-corrected chi connectivity index (χ3v) is 6.89. The van der Waals surface area contributed by atoms with Crippen LogP contribution in [0.4, 0.5) is 11.5 Å². The summed E-state index contributed by atoms with van der Waals surface area (Å²) in [6.45, 7) is 3.56. The van der Waals surface area contributed by atoms with E-state index in [-0.39, 0.29) is 6.10 Å². The molecule has 3 heterocycles. The molecule has 0 saturated carbocycles. The number of sulfonamides is 1. The Bertz CT molecular complexity index is 766. The van der Waals surface area contributed by atoms with Crippen molar-refractivity contribution in [3.8, 4) is 0 Å². The first-order valence-corrected chi connectivity index (χ1v) is 10.3. The van der Waals surface area contributed by atoms with Gasteiger partial charge in [0.2, 0.25) is 0 Å². The van der Waals surface area contributed by atoms with Gasteiger partial charge in [0.05, 0.1) is 18.0 Å². The molecule has 8 heteroatoms. The van der Waals surface area contributed by atoms with Crippen molar-refractivity contribution in [2.75, 3.05) is 23.2 Å². The first-order valence-electron chi connectivity index (χ1n) is 8.00. The Kier molecular flexibility index (Phi) is 5.37. The molecule has 0 spiro atoms. The molecule has 0 bridgehead atoms. The molecule has 0 aliphatic carbocycles. The normalized spacial score (nSPS) is 17.8. The number of aromatic nitrogens is 1. The SMILES string of the molecule is CCc1ccc(S(=O)(=O)Nc2ccc(NCC3CCCO3)cn2)s1. The largest absolute Gasteiger partial charge is 0.381 e. The highest BCUT2D eigenvalue weighted by atomic mass is 32.2.